The van der Waals surface area contributed by atoms with Crippen LogP contribution in [0.25, 0.3) is 11.3 Å². The molecular weight excluding hydrogens is 344 g/mol. The van der Waals surface area contributed by atoms with Gasteiger partial charge in [-0.15, -0.1) is 0 Å². The van der Waals surface area contributed by atoms with Crippen molar-refractivity contribution in [3.8, 4) is 17.0 Å². The van der Waals surface area contributed by atoms with E-state index in [0.29, 0.717) is 10.7 Å². The molecule has 1 amide bonds. The summed E-state index contributed by atoms with van der Waals surface area (Å²) < 4.78 is 5.08. The van der Waals surface area contributed by atoms with Crippen LogP contribution in [0.5, 0.6) is 5.75 Å². The first-order valence-corrected chi connectivity index (χ1v) is 7.70. The zero-order valence-corrected chi connectivity index (χ0v) is 13.7. The van der Waals surface area contributed by atoms with Crippen molar-refractivity contribution in [2.24, 2.45) is 0 Å². The van der Waals surface area contributed by atoms with E-state index in [9.17, 15) is 9.59 Å². The van der Waals surface area contributed by atoms with Gasteiger partial charge in [0.15, 0.2) is 0 Å². The van der Waals surface area contributed by atoms with E-state index in [1.807, 2.05) is 0 Å². The zero-order valence-electron chi connectivity index (χ0n) is 12.9. The lowest BCUT2D eigenvalue weighted by Gasteiger charge is -2.07. The smallest absolute Gasteiger partial charge is 0.404 e. The highest BCUT2D eigenvalue weighted by molar-refractivity contribution is 6.30. The summed E-state index contributed by atoms with van der Waals surface area (Å²) in [6.07, 6.45) is 2.45. The number of H-pyrrole nitrogens is 1. The lowest BCUT2D eigenvalue weighted by atomic mass is 10.2. The van der Waals surface area contributed by atoms with E-state index in [4.69, 9.17) is 16.3 Å². The van der Waals surface area contributed by atoms with Gasteiger partial charge in [0, 0.05) is 35.6 Å². The highest BCUT2D eigenvalue weighted by Crippen LogP contribution is 2.17. The molecule has 0 saturated heterocycles. The Labute approximate surface area is 147 Å². The first kappa shape index (κ1) is 16.7. The van der Waals surface area contributed by atoms with Gasteiger partial charge in [-0.3, -0.25) is 9.78 Å². The van der Waals surface area contributed by atoms with Crippen molar-refractivity contribution in [1.82, 2.24) is 20.5 Å². The van der Waals surface area contributed by atoms with Gasteiger partial charge in [-0.25, -0.2) is 9.89 Å². The summed E-state index contributed by atoms with van der Waals surface area (Å²) in [5.41, 5.74) is 1.45. The van der Waals surface area contributed by atoms with Crippen LogP contribution >= 0.6 is 11.6 Å². The predicted molar refractivity (Wildman–Crippen MR) is 92.4 cm³/mol. The molecule has 0 radical (unpaired) electrons. The standard InChI is InChI=1S/C17H13ClN4O3/c18-13-3-1-11(2-4-13)10-20-17(24)25-15-9-14(21-22-16(15)23)12-5-7-19-8-6-12/h1-9H,10H2,(H,20,24)(H,22,23). The van der Waals surface area contributed by atoms with Crippen LogP contribution in [0.1, 0.15) is 5.56 Å². The molecule has 25 heavy (non-hydrogen) atoms. The minimum absolute atomic E-state index is 0.143. The highest BCUT2D eigenvalue weighted by Gasteiger charge is 2.11. The third-order valence-corrected chi connectivity index (χ3v) is 3.55. The number of carbonyl (C=O) groups is 1. The molecule has 7 nitrogen and oxygen atoms in total. The van der Waals surface area contributed by atoms with Crippen molar-refractivity contribution in [2.75, 3.05) is 0 Å². The topological polar surface area (TPSA) is 97.0 Å². The molecule has 8 heteroatoms. The molecule has 126 valence electrons. The van der Waals surface area contributed by atoms with E-state index >= 15 is 0 Å². The number of nitrogens with zero attached hydrogens (tertiary/aromatic N) is 2. The van der Waals surface area contributed by atoms with Crippen LogP contribution in [0.3, 0.4) is 0 Å². The summed E-state index contributed by atoms with van der Waals surface area (Å²) in [7, 11) is 0. The summed E-state index contributed by atoms with van der Waals surface area (Å²) in [6.45, 7) is 0.246. The second-order valence-corrected chi connectivity index (χ2v) is 5.49. The van der Waals surface area contributed by atoms with Crippen LogP contribution in [0.15, 0.2) is 59.7 Å². The Balaban J connectivity index is 1.68. The van der Waals surface area contributed by atoms with E-state index < -0.39 is 11.7 Å². The summed E-state index contributed by atoms with van der Waals surface area (Å²) in [5, 5.41) is 9.41. The number of hydrogen-bond donors (Lipinski definition) is 2. The minimum Gasteiger partial charge on any atom is -0.404 e. The van der Waals surface area contributed by atoms with Gasteiger partial charge in [0.25, 0.3) is 0 Å². The molecule has 3 rings (SSSR count). The molecule has 0 aliphatic heterocycles. The number of benzene rings is 1. The molecule has 0 aliphatic carbocycles. The molecule has 0 saturated carbocycles. The molecule has 0 spiro atoms. The molecule has 0 aliphatic rings. The largest absolute Gasteiger partial charge is 0.413 e. The molecule has 0 atom stereocenters. The van der Waals surface area contributed by atoms with E-state index in [2.05, 4.69) is 20.5 Å². The normalized spacial score (nSPS) is 10.3. The Morgan fingerprint density at radius 1 is 1.16 bits per heavy atom. The average Bonchev–Trinajstić information content (AvgIpc) is 2.64. The molecule has 0 unspecified atom stereocenters. The van der Waals surface area contributed by atoms with Crippen LogP contribution in [0.2, 0.25) is 5.02 Å². The van der Waals surface area contributed by atoms with E-state index in [1.54, 1.807) is 48.8 Å². The maximum Gasteiger partial charge on any atom is 0.413 e. The number of ether oxygens (including phenoxy) is 1. The van der Waals surface area contributed by atoms with Crippen molar-refractivity contribution in [3.63, 3.8) is 0 Å². The van der Waals surface area contributed by atoms with E-state index in [0.717, 1.165) is 11.1 Å². The fraction of sp³-hybridized carbons (Fsp3) is 0.0588. The molecule has 3 aromatic rings. The zero-order chi connectivity index (χ0) is 17.6. The molecule has 1 aromatic carbocycles. The van der Waals surface area contributed by atoms with Crippen molar-refractivity contribution in [2.45, 2.75) is 6.54 Å². The summed E-state index contributed by atoms with van der Waals surface area (Å²) in [6, 6.07) is 11.9. The number of hydrogen-bond acceptors (Lipinski definition) is 5. The number of carbonyl (C=O) groups excluding carboxylic acids is 1. The quantitative estimate of drug-likeness (QED) is 0.749. The first-order valence-electron chi connectivity index (χ1n) is 7.32. The van der Waals surface area contributed by atoms with Gasteiger partial charge in [0.2, 0.25) is 5.75 Å². The Hall–Kier alpha value is -3.19. The number of rotatable bonds is 4. The number of pyridine rings is 1. The second kappa shape index (κ2) is 7.59. The average molecular weight is 357 g/mol. The second-order valence-electron chi connectivity index (χ2n) is 5.05. The Kier molecular flexibility index (Phi) is 5.06. The third-order valence-electron chi connectivity index (χ3n) is 3.30. The number of aromatic amines is 1. The summed E-state index contributed by atoms with van der Waals surface area (Å²) in [5.74, 6) is -0.143. The van der Waals surface area contributed by atoms with Crippen LogP contribution in [0.4, 0.5) is 4.79 Å². The van der Waals surface area contributed by atoms with E-state index in [-0.39, 0.29) is 12.3 Å². The Morgan fingerprint density at radius 2 is 1.88 bits per heavy atom. The number of nitrogens with one attached hydrogen (secondary N) is 2. The van der Waals surface area contributed by atoms with E-state index in [1.165, 1.54) is 6.07 Å². The lowest BCUT2D eigenvalue weighted by molar-refractivity contribution is 0.199. The van der Waals surface area contributed by atoms with Crippen molar-refractivity contribution in [3.05, 3.63) is 75.8 Å². The predicted octanol–water partition coefficient (Wildman–Crippen LogP) is 2.77. The molecule has 2 N–H and O–H groups in total. The van der Waals surface area contributed by atoms with Crippen molar-refractivity contribution in [1.29, 1.82) is 0 Å². The maximum atomic E-state index is 11.9. The fourth-order valence-corrected chi connectivity index (χ4v) is 2.17. The van der Waals surface area contributed by atoms with Gasteiger partial charge in [0.05, 0.1) is 5.69 Å². The fourth-order valence-electron chi connectivity index (χ4n) is 2.05. The van der Waals surface area contributed by atoms with Gasteiger partial charge in [-0.05, 0) is 29.8 Å². The molecule has 2 aromatic heterocycles. The maximum absolute atomic E-state index is 11.9. The number of halogens is 1. The molecular formula is C17H13ClN4O3. The first-order chi connectivity index (χ1) is 12.1. The highest BCUT2D eigenvalue weighted by atomic mass is 35.5. The number of amides is 1. The van der Waals surface area contributed by atoms with Crippen LogP contribution < -0.4 is 15.6 Å². The Morgan fingerprint density at radius 3 is 2.60 bits per heavy atom. The van der Waals surface area contributed by atoms with Crippen LogP contribution in [-0.4, -0.2) is 21.3 Å². The summed E-state index contributed by atoms with van der Waals surface area (Å²) >= 11 is 5.80. The van der Waals surface area contributed by atoms with Crippen LogP contribution in [-0.2, 0) is 6.54 Å². The third kappa shape index (κ3) is 4.42. The lowest BCUT2D eigenvalue weighted by Crippen LogP contribution is -2.28. The molecule has 0 fully saturated rings. The van der Waals surface area contributed by atoms with Gasteiger partial charge >= 0.3 is 11.7 Å². The van der Waals surface area contributed by atoms with Crippen molar-refractivity contribution >= 4 is 17.7 Å². The monoisotopic (exact) mass is 356 g/mol. The van der Waals surface area contributed by atoms with Gasteiger partial charge in [-0.1, -0.05) is 23.7 Å². The number of aromatic nitrogens is 3. The molecule has 0 bridgehead atoms. The van der Waals surface area contributed by atoms with Crippen LogP contribution in [0, 0.1) is 0 Å². The summed E-state index contributed by atoms with van der Waals surface area (Å²) in [4.78, 5) is 27.6. The van der Waals surface area contributed by atoms with Crippen molar-refractivity contribution < 1.29 is 9.53 Å². The minimum atomic E-state index is -0.743. The van der Waals surface area contributed by atoms with Gasteiger partial charge in [0.1, 0.15) is 0 Å². The molecule has 2 heterocycles. The van der Waals surface area contributed by atoms with Gasteiger partial charge in [-0.2, -0.15) is 5.10 Å². The SMILES string of the molecule is O=C(NCc1ccc(Cl)cc1)Oc1cc(-c2ccncc2)n[nH]c1=O. The Bertz CT molecular complexity index is 927. The van der Waals surface area contributed by atoms with Gasteiger partial charge < -0.3 is 10.1 Å².